The molecule has 2 heterocycles. The number of fused-ring (bicyclic) bond motifs is 1. The lowest BCUT2D eigenvalue weighted by Crippen LogP contribution is -2.54. The molecule has 0 saturated carbocycles. The van der Waals surface area contributed by atoms with Crippen LogP contribution in [0.1, 0.15) is 11.1 Å². The smallest absolute Gasteiger partial charge is 0.335 e. The first-order valence-electron chi connectivity index (χ1n) is 9.09. The largest absolute Gasteiger partial charge is 0.335 e. The third kappa shape index (κ3) is 3.31. The van der Waals surface area contributed by atoms with Crippen molar-refractivity contribution >= 4 is 56.4 Å². The molecular formula is C23H16BrN3O3. The summed E-state index contributed by atoms with van der Waals surface area (Å²) in [5, 5.41) is 3.10. The number of anilines is 1. The summed E-state index contributed by atoms with van der Waals surface area (Å²) >= 11 is 3.40. The number of carbonyl (C=O) groups excluding carboxylic acids is 3. The van der Waals surface area contributed by atoms with Gasteiger partial charge in [-0.3, -0.25) is 14.9 Å². The number of halogens is 1. The Morgan fingerprint density at radius 2 is 1.93 bits per heavy atom. The van der Waals surface area contributed by atoms with Crippen molar-refractivity contribution < 1.29 is 14.4 Å². The minimum absolute atomic E-state index is 0.126. The van der Waals surface area contributed by atoms with E-state index in [0.29, 0.717) is 17.8 Å². The number of hydrogen-bond donors (Lipinski definition) is 1. The van der Waals surface area contributed by atoms with Crippen molar-refractivity contribution in [1.82, 2.24) is 9.88 Å². The second-order valence-electron chi connectivity index (χ2n) is 6.82. The molecule has 1 aromatic heterocycles. The lowest BCUT2D eigenvalue weighted by molar-refractivity contribution is -0.122. The van der Waals surface area contributed by atoms with Crippen LogP contribution in [0.25, 0.3) is 17.0 Å². The number of carbonyl (C=O) groups is 3. The van der Waals surface area contributed by atoms with Crippen molar-refractivity contribution in [2.75, 3.05) is 4.90 Å². The molecule has 0 radical (unpaired) electrons. The zero-order chi connectivity index (χ0) is 21.4. The Morgan fingerprint density at radius 3 is 2.67 bits per heavy atom. The minimum Gasteiger partial charge on any atom is -0.335 e. The second-order valence-corrected chi connectivity index (χ2v) is 7.68. The highest BCUT2D eigenvalue weighted by molar-refractivity contribution is 9.10. The number of rotatable bonds is 3. The molecule has 0 spiro atoms. The Labute approximate surface area is 181 Å². The van der Waals surface area contributed by atoms with E-state index in [1.54, 1.807) is 24.4 Å². The normalized spacial score (nSPS) is 15.6. The first-order chi connectivity index (χ1) is 14.4. The summed E-state index contributed by atoms with van der Waals surface area (Å²) in [5.41, 5.74) is 2.67. The fourth-order valence-corrected chi connectivity index (χ4v) is 3.68. The average Bonchev–Trinajstić information content (AvgIpc) is 3.06. The number of barbiturate groups is 1. The monoisotopic (exact) mass is 461 g/mol. The van der Waals surface area contributed by atoms with Crippen LogP contribution >= 0.6 is 15.9 Å². The molecule has 2 aromatic carbocycles. The van der Waals surface area contributed by atoms with Crippen molar-refractivity contribution in [3.63, 3.8) is 0 Å². The van der Waals surface area contributed by atoms with Crippen LogP contribution in [0, 0.1) is 19.3 Å². The maximum atomic E-state index is 13.1. The van der Waals surface area contributed by atoms with E-state index in [4.69, 9.17) is 6.42 Å². The van der Waals surface area contributed by atoms with Gasteiger partial charge >= 0.3 is 6.03 Å². The van der Waals surface area contributed by atoms with Crippen LogP contribution in [0.3, 0.4) is 0 Å². The summed E-state index contributed by atoms with van der Waals surface area (Å²) < 4.78 is 2.72. The van der Waals surface area contributed by atoms with Gasteiger partial charge in [-0.25, -0.2) is 9.69 Å². The maximum Gasteiger partial charge on any atom is 0.335 e. The van der Waals surface area contributed by atoms with E-state index in [9.17, 15) is 14.4 Å². The molecule has 1 N–H and O–H groups in total. The van der Waals surface area contributed by atoms with Crippen LogP contribution in [0.15, 0.2) is 58.7 Å². The number of para-hydroxylation sites is 1. The molecule has 1 aliphatic heterocycles. The third-order valence-corrected chi connectivity index (χ3v) is 5.77. The molecule has 1 saturated heterocycles. The highest BCUT2D eigenvalue weighted by Gasteiger charge is 2.37. The van der Waals surface area contributed by atoms with Gasteiger partial charge in [0.25, 0.3) is 11.8 Å². The number of nitrogens with zero attached hydrogens (tertiary/aromatic N) is 2. The Kier molecular flexibility index (Phi) is 5.02. The molecule has 4 rings (SSSR count). The van der Waals surface area contributed by atoms with E-state index in [2.05, 4.69) is 27.2 Å². The number of nitrogens with one attached hydrogen (secondary N) is 1. The van der Waals surface area contributed by atoms with Gasteiger partial charge in [-0.2, -0.15) is 0 Å². The summed E-state index contributed by atoms with van der Waals surface area (Å²) in [6.45, 7) is 2.20. The lowest BCUT2D eigenvalue weighted by atomic mass is 10.1. The standard InChI is InChI=1S/C23H16BrN3O3/c1-3-10-26-13-15(17-6-4-5-7-20(17)26)12-18-21(28)25-23(30)27(22(18)29)16-8-9-19(24)14(2)11-16/h1,4-9,11-13H,10H2,2H3,(H,25,28,30)/b18-12+. The van der Waals surface area contributed by atoms with Gasteiger partial charge in [0, 0.05) is 27.1 Å². The predicted octanol–water partition coefficient (Wildman–Crippen LogP) is 4.01. The second kappa shape index (κ2) is 7.65. The number of aryl methyl sites for hydroxylation is 1. The molecule has 7 heteroatoms. The van der Waals surface area contributed by atoms with Crippen molar-refractivity contribution in [2.24, 2.45) is 0 Å². The molecule has 0 unspecified atom stereocenters. The SMILES string of the molecule is C#CCn1cc(/C=C2\C(=O)NC(=O)N(c3ccc(Br)c(C)c3)C2=O)c2ccccc21. The summed E-state index contributed by atoms with van der Waals surface area (Å²) in [4.78, 5) is 39.0. The molecule has 1 aliphatic rings. The van der Waals surface area contributed by atoms with Crippen LogP contribution in [-0.2, 0) is 16.1 Å². The summed E-state index contributed by atoms with van der Waals surface area (Å²) in [6, 6.07) is 11.9. The maximum absolute atomic E-state index is 13.1. The summed E-state index contributed by atoms with van der Waals surface area (Å²) in [5.74, 6) is 1.18. The number of amides is 4. The van der Waals surface area contributed by atoms with E-state index in [1.807, 2.05) is 35.8 Å². The molecule has 30 heavy (non-hydrogen) atoms. The van der Waals surface area contributed by atoms with Crippen LogP contribution in [0.5, 0.6) is 0 Å². The zero-order valence-corrected chi connectivity index (χ0v) is 17.6. The van der Waals surface area contributed by atoms with Crippen molar-refractivity contribution in [3.8, 4) is 12.3 Å². The fourth-order valence-electron chi connectivity index (χ4n) is 3.43. The van der Waals surface area contributed by atoms with Crippen LogP contribution < -0.4 is 10.2 Å². The van der Waals surface area contributed by atoms with E-state index in [-0.39, 0.29) is 5.57 Å². The summed E-state index contributed by atoms with van der Waals surface area (Å²) in [6.07, 6.45) is 8.75. The molecule has 4 amide bonds. The number of hydrogen-bond acceptors (Lipinski definition) is 3. The average molecular weight is 462 g/mol. The molecule has 0 bridgehead atoms. The highest BCUT2D eigenvalue weighted by atomic mass is 79.9. The van der Waals surface area contributed by atoms with Crippen molar-refractivity contribution in [2.45, 2.75) is 13.5 Å². The topological polar surface area (TPSA) is 71.4 Å². The quantitative estimate of drug-likeness (QED) is 0.363. The van der Waals surface area contributed by atoms with E-state index in [0.717, 1.165) is 25.8 Å². The van der Waals surface area contributed by atoms with E-state index < -0.39 is 17.8 Å². The first-order valence-corrected chi connectivity index (χ1v) is 9.89. The zero-order valence-electron chi connectivity index (χ0n) is 16.0. The molecule has 148 valence electrons. The van der Waals surface area contributed by atoms with Gasteiger partial charge in [-0.05, 0) is 42.8 Å². The van der Waals surface area contributed by atoms with Crippen molar-refractivity contribution in [1.29, 1.82) is 0 Å². The highest BCUT2D eigenvalue weighted by Crippen LogP contribution is 2.28. The molecule has 0 aliphatic carbocycles. The van der Waals surface area contributed by atoms with E-state index >= 15 is 0 Å². The lowest BCUT2D eigenvalue weighted by Gasteiger charge is -2.26. The molecule has 0 atom stereocenters. The summed E-state index contributed by atoms with van der Waals surface area (Å²) in [7, 11) is 0. The fraction of sp³-hybridized carbons (Fsp3) is 0.0870. The van der Waals surface area contributed by atoms with Gasteiger partial charge in [0.1, 0.15) is 5.57 Å². The minimum atomic E-state index is -0.779. The van der Waals surface area contributed by atoms with Gasteiger partial charge in [-0.15, -0.1) is 6.42 Å². The van der Waals surface area contributed by atoms with Gasteiger partial charge in [0.2, 0.25) is 0 Å². The van der Waals surface area contributed by atoms with Gasteiger partial charge in [-0.1, -0.05) is 40.0 Å². The Hall–Kier alpha value is -3.63. The molecular weight excluding hydrogens is 446 g/mol. The van der Waals surface area contributed by atoms with Crippen LogP contribution in [-0.4, -0.2) is 22.4 Å². The number of imide groups is 2. The van der Waals surface area contributed by atoms with Gasteiger partial charge in [0.05, 0.1) is 12.2 Å². The number of urea groups is 1. The first kappa shape index (κ1) is 19.7. The van der Waals surface area contributed by atoms with Gasteiger partial charge in [0.15, 0.2) is 0 Å². The Bertz CT molecular complexity index is 1300. The molecule has 3 aromatic rings. The molecule has 1 fully saturated rings. The Balaban J connectivity index is 1.81. The van der Waals surface area contributed by atoms with Crippen molar-refractivity contribution in [3.05, 3.63) is 69.8 Å². The van der Waals surface area contributed by atoms with E-state index in [1.165, 1.54) is 6.08 Å². The predicted molar refractivity (Wildman–Crippen MR) is 119 cm³/mol. The number of aromatic nitrogens is 1. The number of benzene rings is 2. The molecule has 6 nitrogen and oxygen atoms in total. The third-order valence-electron chi connectivity index (χ3n) is 4.88. The van der Waals surface area contributed by atoms with Gasteiger partial charge < -0.3 is 4.57 Å². The van der Waals surface area contributed by atoms with Crippen LogP contribution in [0.2, 0.25) is 0 Å². The Morgan fingerprint density at radius 1 is 1.17 bits per heavy atom. The number of terminal acetylenes is 1. The van der Waals surface area contributed by atoms with Crippen LogP contribution in [0.4, 0.5) is 10.5 Å².